The van der Waals surface area contributed by atoms with Crippen LogP contribution in [0.4, 0.5) is 11.5 Å². The van der Waals surface area contributed by atoms with Gasteiger partial charge in [-0.15, -0.1) is 11.8 Å². The van der Waals surface area contributed by atoms with E-state index in [-0.39, 0.29) is 0 Å². The molecule has 0 bridgehead atoms. The second-order valence-electron chi connectivity index (χ2n) is 2.88. The van der Waals surface area contributed by atoms with E-state index in [9.17, 15) is 0 Å². The van der Waals surface area contributed by atoms with Crippen LogP contribution < -0.4 is 11.1 Å². The number of aromatic nitrogens is 1. The van der Waals surface area contributed by atoms with Crippen molar-refractivity contribution in [3.8, 4) is 0 Å². The number of hydrogen-bond donors (Lipinski definition) is 2. The van der Waals surface area contributed by atoms with E-state index in [4.69, 9.17) is 5.73 Å². The highest BCUT2D eigenvalue weighted by Gasteiger charge is 2.17. The molecule has 2 rings (SSSR count). The molecule has 0 spiro atoms. The summed E-state index contributed by atoms with van der Waals surface area (Å²) >= 11 is 1.76. The number of aryl methyl sites for hydroxylation is 1. The summed E-state index contributed by atoms with van der Waals surface area (Å²) in [5.41, 5.74) is 8.75. The summed E-state index contributed by atoms with van der Waals surface area (Å²) in [5.74, 6) is 1.90. The lowest BCUT2D eigenvalue weighted by molar-refractivity contribution is 1.12. The number of thioether (sulfide) groups is 1. The van der Waals surface area contributed by atoms with Crippen molar-refractivity contribution in [2.45, 2.75) is 18.7 Å². The van der Waals surface area contributed by atoms with Gasteiger partial charge in [0.1, 0.15) is 5.82 Å². The van der Waals surface area contributed by atoms with E-state index in [1.807, 2.05) is 13.8 Å². The first kappa shape index (κ1) is 7.73. The largest absolute Gasteiger partial charge is 0.397 e. The average Bonchev–Trinajstić information content (AvgIpc) is 2.48. The molecule has 3 nitrogen and oxygen atoms in total. The fourth-order valence-electron chi connectivity index (χ4n) is 1.32. The highest BCUT2D eigenvalue weighted by molar-refractivity contribution is 7.99. The van der Waals surface area contributed by atoms with Gasteiger partial charge in [0.25, 0.3) is 0 Å². The second-order valence-corrected chi connectivity index (χ2v) is 3.86. The van der Waals surface area contributed by atoms with Crippen molar-refractivity contribution in [3.63, 3.8) is 0 Å². The normalized spacial score (nSPS) is 14.2. The Balaban J connectivity index is 2.67. The SMILES string of the molecule is Cc1nc2c(c(C)c1N)SCN2. The molecule has 64 valence electrons. The van der Waals surface area contributed by atoms with Gasteiger partial charge < -0.3 is 11.1 Å². The monoisotopic (exact) mass is 181 g/mol. The zero-order valence-electron chi connectivity index (χ0n) is 7.14. The molecule has 3 N–H and O–H groups in total. The zero-order valence-corrected chi connectivity index (χ0v) is 7.96. The Morgan fingerprint density at radius 2 is 2.25 bits per heavy atom. The van der Waals surface area contributed by atoms with E-state index in [0.29, 0.717) is 0 Å². The van der Waals surface area contributed by atoms with Crippen LogP contribution in [0.2, 0.25) is 0 Å². The maximum absolute atomic E-state index is 5.85. The Labute approximate surface area is 75.8 Å². The van der Waals surface area contributed by atoms with Gasteiger partial charge in [0.05, 0.1) is 22.2 Å². The molecular weight excluding hydrogens is 170 g/mol. The number of nitrogens with zero attached hydrogens (tertiary/aromatic N) is 1. The lowest BCUT2D eigenvalue weighted by atomic mass is 10.2. The minimum atomic E-state index is 0.824. The van der Waals surface area contributed by atoms with Crippen molar-refractivity contribution in [2.24, 2.45) is 0 Å². The van der Waals surface area contributed by atoms with Crippen LogP contribution in [0.15, 0.2) is 4.90 Å². The van der Waals surface area contributed by atoms with Crippen molar-refractivity contribution in [1.82, 2.24) is 4.98 Å². The number of nitrogens with one attached hydrogen (secondary N) is 1. The third-order valence-electron chi connectivity index (χ3n) is 2.09. The Hall–Kier alpha value is -0.900. The number of nitrogen functional groups attached to an aromatic ring is 1. The Morgan fingerprint density at radius 1 is 1.50 bits per heavy atom. The molecule has 0 aromatic carbocycles. The van der Waals surface area contributed by atoms with Gasteiger partial charge in [-0.1, -0.05) is 0 Å². The number of anilines is 2. The molecule has 0 radical (unpaired) electrons. The van der Waals surface area contributed by atoms with Crippen LogP contribution in [-0.2, 0) is 0 Å². The van der Waals surface area contributed by atoms with Crippen LogP contribution in [0.3, 0.4) is 0 Å². The summed E-state index contributed by atoms with van der Waals surface area (Å²) in [6.07, 6.45) is 0. The third kappa shape index (κ3) is 0.948. The van der Waals surface area contributed by atoms with Gasteiger partial charge in [0, 0.05) is 0 Å². The summed E-state index contributed by atoms with van der Waals surface area (Å²) in [4.78, 5) is 5.56. The van der Waals surface area contributed by atoms with Crippen LogP contribution in [0.5, 0.6) is 0 Å². The molecule has 0 saturated heterocycles. The maximum Gasteiger partial charge on any atom is 0.141 e. The van der Waals surface area contributed by atoms with E-state index in [1.54, 1.807) is 11.8 Å². The molecule has 1 aromatic rings. The molecule has 1 aliphatic rings. The molecule has 2 heterocycles. The first-order chi connectivity index (χ1) is 5.70. The van der Waals surface area contributed by atoms with Crippen molar-refractivity contribution >= 4 is 23.3 Å². The predicted octanol–water partition coefficient (Wildman–Crippen LogP) is 1.76. The van der Waals surface area contributed by atoms with E-state index >= 15 is 0 Å². The number of hydrogen-bond acceptors (Lipinski definition) is 4. The van der Waals surface area contributed by atoms with Crippen LogP contribution in [0.25, 0.3) is 0 Å². The topological polar surface area (TPSA) is 50.9 Å². The van der Waals surface area contributed by atoms with Crippen molar-refractivity contribution < 1.29 is 0 Å². The molecule has 0 atom stereocenters. The van der Waals surface area contributed by atoms with Gasteiger partial charge in [-0.2, -0.15) is 0 Å². The number of pyridine rings is 1. The second kappa shape index (κ2) is 2.55. The predicted molar refractivity (Wildman–Crippen MR) is 52.5 cm³/mol. The van der Waals surface area contributed by atoms with Gasteiger partial charge in [0.2, 0.25) is 0 Å². The lowest BCUT2D eigenvalue weighted by Crippen LogP contribution is -2.00. The molecule has 1 aliphatic heterocycles. The summed E-state index contributed by atoms with van der Waals surface area (Å²) in [5, 5.41) is 3.21. The maximum atomic E-state index is 5.85. The van der Waals surface area contributed by atoms with Gasteiger partial charge in [-0.05, 0) is 19.4 Å². The molecular formula is C8H11N3S. The summed E-state index contributed by atoms with van der Waals surface area (Å²) in [6, 6.07) is 0. The smallest absolute Gasteiger partial charge is 0.141 e. The van der Waals surface area contributed by atoms with Crippen LogP contribution in [0.1, 0.15) is 11.3 Å². The van der Waals surface area contributed by atoms with Crippen LogP contribution in [0, 0.1) is 13.8 Å². The molecule has 4 heteroatoms. The molecule has 0 aliphatic carbocycles. The third-order valence-corrected chi connectivity index (χ3v) is 3.16. The minimum absolute atomic E-state index is 0.824. The van der Waals surface area contributed by atoms with Gasteiger partial charge >= 0.3 is 0 Å². The highest BCUT2D eigenvalue weighted by atomic mass is 32.2. The molecule has 0 fully saturated rings. The number of rotatable bonds is 0. The molecule has 0 unspecified atom stereocenters. The fourth-order valence-corrected chi connectivity index (χ4v) is 2.26. The highest BCUT2D eigenvalue weighted by Crippen LogP contribution is 2.37. The van der Waals surface area contributed by atoms with E-state index in [1.165, 1.54) is 4.90 Å². The van der Waals surface area contributed by atoms with Crippen molar-refractivity contribution in [2.75, 3.05) is 16.9 Å². The number of fused-ring (bicyclic) bond motifs is 1. The Morgan fingerprint density at radius 3 is 3.00 bits per heavy atom. The first-order valence-corrected chi connectivity index (χ1v) is 4.82. The molecule has 1 aromatic heterocycles. The average molecular weight is 181 g/mol. The van der Waals surface area contributed by atoms with Gasteiger partial charge in [-0.3, -0.25) is 0 Å². The lowest BCUT2D eigenvalue weighted by Gasteiger charge is -2.07. The van der Waals surface area contributed by atoms with E-state index in [0.717, 1.165) is 28.6 Å². The number of nitrogens with two attached hydrogens (primary N) is 1. The zero-order chi connectivity index (χ0) is 8.72. The standard InChI is InChI=1S/C8H11N3S/c1-4-6(9)5(2)11-8-7(4)12-3-10-8/h3,9H2,1-2H3,(H,10,11). The van der Waals surface area contributed by atoms with E-state index < -0.39 is 0 Å². The molecule has 0 amide bonds. The summed E-state index contributed by atoms with van der Waals surface area (Å²) < 4.78 is 0. The van der Waals surface area contributed by atoms with Gasteiger partial charge in [0.15, 0.2) is 0 Å². The van der Waals surface area contributed by atoms with Crippen LogP contribution >= 0.6 is 11.8 Å². The molecule has 12 heavy (non-hydrogen) atoms. The van der Waals surface area contributed by atoms with Crippen molar-refractivity contribution in [3.05, 3.63) is 11.3 Å². The fraction of sp³-hybridized carbons (Fsp3) is 0.375. The molecule has 0 saturated carbocycles. The van der Waals surface area contributed by atoms with Gasteiger partial charge in [-0.25, -0.2) is 4.98 Å². The Bertz CT molecular complexity index is 336. The van der Waals surface area contributed by atoms with Crippen LogP contribution in [-0.4, -0.2) is 10.9 Å². The summed E-state index contributed by atoms with van der Waals surface area (Å²) in [7, 11) is 0. The first-order valence-electron chi connectivity index (χ1n) is 3.83. The van der Waals surface area contributed by atoms with E-state index in [2.05, 4.69) is 10.3 Å². The minimum Gasteiger partial charge on any atom is -0.397 e. The van der Waals surface area contributed by atoms with Crippen molar-refractivity contribution in [1.29, 1.82) is 0 Å². The Kier molecular flexibility index (Phi) is 1.65. The quantitative estimate of drug-likeness (QED) is 0.640. The summed E-state index contributed by atoms with van der Waals surface area (Å²) in [6.45, 7) is 3.98.